The third-order valence-corrected chi connectivity index (χ3v) is 6.76. The minimum atomic E-state index is 0.0735. The Kier molecular flexibility index (Phi) is 5.65. The van der Waals surface area contributed by atoms with Gasteiger partial charge >= 0.3 is 0 Å². The molecule has 0 unspecified atom stereocenters. The second-order valence-electron chi connectivity index (χ2n) is 10.2. The Morgan fingerprint density at radius 3 is 2.24 bits per heavy atom. The van der Waals surface area contributed by atoms with Gasteiger partial charge in [0.25, 0.3) is 5.91 Å². The van der Waals surface area contributed by atoms with E-state index in [9.17, 15) is 4.79 Å². The standard InChI is InChI=1S/C28H32N4O/c1-28(2,3)22-13-11-21(12-14-22)27(33)32-18-15-24-23(19-32)26(31-16-7-8-17-31)30-25(29-24)20-9-5-4-6-10-20/h4-6,9-14H,7-8,15-19H2,1-3H3. The van der Waals surface area contributed by atoms with E-state index >= 15 is 0 Å². The molecule has 2 aliphatic heterocycles. The van der Waals surface area contributed by atoms with Gasteiger partial charge in [0, 0.05) is 42.7 Å². The smallest absolute Gasteiger partial charge is 0.254 e. The van der Waals surface area contributed by atoms with Crippen molar-refractivity contribution >= 4 is 11.7 Å². The molecule has 0 radical (unpaired) electrons. The van der Waals surface area contributed by atoms with Gasteiger partial charge in [0.2, 0.25) is 0 Å². The van der Waals surface area contributed by atoms with Crippen molar-refractivity contribution in [3.63, 3.8) is 0 Å². The van der Waals surface area contributed by atoms with Crippen LogP contribution in [0.25, 0.3) is 11.4 Å². The molecule has 1 saturated heterocycles. The highest BCUT2D eigenvalue weighted by Crippen LogP contribution is 2.32. The zero-order chi connectivity index (χ0) is 23.0. The van der Waals surface area contributed by atoms with Crippen molar-refractivity contribution in [2.75, 3.05) is 24.5 Å². The van der Waals surface area contributed by atoms with E-state index in [0.717, 1.165) is 53.5 Å². The number of hydrogen-bond acceptors (Lipinski definition) is 4. The van der Waals surface area contributed by atoms with E-state index in [1.807, 2.05) is 35.2 Å². The number of fused-ring (bicyclic) bond motifs is 1. The Hall–Kier alpha value is -3.21. The van der Waals surface area contributed by atoms with Crippen molar-refractivity contribution in [3.05, 3.63) is 77.0 Å². The van der Waals surface area contributed by atoms with E-state index in [1.165, 1.54) is 18.4 Å². The fourth-order valence-electron chi connectivity index (χ4n) is 4.77. The summed E-state index contributed by atoms with van der Waals surface area (Å²) in [5, 5.41) is 0. The van der Waals surface area contributed by atoms with Gasteiger partial charge < -0.3 is 9.80 Å². The average molecular weight is 441 g/mol. The van der Waals surface area contributed by atoms with Crippen LogP contribution in [0.5, 0.6) is 0 Å². The zero-order valence-electron chi connectivity index (χ0n) is 19.8. The number of nitrogens with zero attached hydrogens (tertiary/aromatic N) is 4. The Labute approximate surface area is 196 Å². The molecule has 0 saturated carbocycles. The zero-order valence-corrected chi connectivity index (χ0v) is 19.8. The van der Waals surface area contributed by atoms with Gasteiger partial charge in [-0.1, -0.05) is 63.2 Å². The quantitative estimate of drug-likeness (QED) is 0.559. The molecule has 0 atom stereocenters. The van der Waals surface area contributed by atoms with Gasteiger partial charge in [-0.3, -0.25) is 4.79 Å². The molecule has 0 bridgehead atoms. The molecule has 1 fully saturated rings. The molecule has 5 heteroatoms. The topological polar surface area (TPSA) is 49.3 Å². The number of carbonyl (C=O) groups excluding carboxylic acids is 1. The molecule has 5 nitrogen and oxygen atoms in total. The van der Waals surface area contributed by atoms with Crippen LogP contribution in [0.4, 0.5) is 5.82 Å². The van der Waals surface area contributed by atoms with Crippen LogP contribution in [-0.4, -0.2) is 40.4 Å². The van der Waals surface area contributed by atoms with E-state index in [4.69, 9.17) is 9.97 Å². The van der Waals surface area contributed by atoms with Crippen LogP contribution in [0.3, 0.4) is 0 Å². The number of rotatable bonds is 3. The van der Waals surface area contributed by atoms with E-state index < -0.39 is 0 Å². The Morgan fingerprint density at radius 1 is 0.879 bits per heavy atom. The number of hydrogen-bond donors (Lipinski definition) is 0. The molecule has 1 amide bonds. The fraction of sp³-hybridized carbons (Fsp3) is 0.393. The Morgan fingerprint density at radius 2 is 1.58 bits per heavy atom. The molecular formula is C28H32N4O. The molecule has 3 aromatic rings. The van der Waals surface area contributed by atoms with Crippen LogP contribution in [0, 0.1) is 0 Å². The average Bonchev–Trinajstić information content (AvgIpc) is 3.37. The molecule has 0 N–H and O–H groups in total. The number of anilines is 1. The van der Waals surface area contributed by atoms with E-state index in [2.05, 4.69) is 49.9 Å². The summed E-state index contributed by atoms with van der Waals surface area (Å²) in [7, 11) is 0. The highest BCUT2D eigenvalue weighted by molar-refractivity contribution is 5.94. The molecule has 2 aromatic carbocycles. The number of carbonyl (C=O) groups is 1. The van der Waals surface area contributed by atoms with Gasteiger partial charge in [0.05, 0.1) is 12.2 Å². The van der Waals surface area contributed by atoms with E-state index in [1.54, 1.807) is 0 Å². The van der Waals surface area contributed by atoms with Gasteiger partial charge in [-0.25, -0.2) is 9.97 Å². The van der Waals surface area contributed by atoms with Gasteiger partial charge in [0.15, 0.2) is 5.82 Å². The second kappa shape index (κ2) is 8.62. The second-order valence-corrected chi connectivity index (χ2v) is 10.2. The fourth-order valence-corrected chi connectivity index (χ4v) is 4.77. The minimum absolute atomic E-state index is 0.0735. The van der Waals surface area contributed by atoms with E-state index in [-0.39, 0.29) is 11.3 Å². The van der Waals surface area contributed by atoms with Crippen molar-refractivity contribution in [1.82, 2.24) is 14.9 Å². The van der Waals surface area contributed by atoms with Crippen LogP contribution in [0.1, 0.15) is 60.8 Å². The maximum Gasteiger partial charge on any atom is 0.254 e. The van der Waals surface area contributed by atoms with Crippen molar-refractivity contribution in [1.29, 1.82) is 0 Å². The highest BCUT2D eigenvalue weighted by atomic mass is 16.2. The summed E-state index contributed by atoms with van der Waals surface area (Å²) in [5.74, 6) is 1.88. The third kappa shape index (κ3) is 4.37. The minimum Gasteiger partial charge on any atom is -0.356 e. The lowest BCUT2D eigenvalue weighted by Crippen LogP contribution is -2.38. The first-order valence-corrected chi connectivity index (χ1v) is 12.0. The molecule has 3 heterocycles. The van der Waals surface area contributed by atoms with Crippen molar-refractivity contribution in [2.24, 2.45) is 0 Å². The van der Waals surface area contributed by atoms with E-state index in [0.29, 0.717) is 13.1 Å². The normalized spacial score (nSPS) is 16.1. The lowest BCUT2D eigenvalue weighted by molar-refractivity contribution is 0.0733. The van der Waals surface area contributed by atoms with Crippen molar-refractivity contribution < 1.29 is 4.79 Å². The van der Waals surface area contributed by atoms with Crippen LogP contribution in [0.15, 0.2) is 54.6 Å². The molecule has 5 rings (SSSR count). The summed E-state index contributed by atoms with van der Waals surface area (Å²) < 4.78 is 0. The largest absolute Gasteiger partial charge is 0.356 e. The summed E-state index contributed by atoms with van der Waals surface area (Å²) in [5.41, 5.74) is 5.29. The predicted molar refractivity (Wildman–Crippen MR) is 133 cm³/mol. The maximum atomic E-state index is 13.4. The Balaban J connectivity index is 1.46. The van der Waals surface area contributed by atoms with Crippen LogP contribution in [-0.2, 0) is 18.4 Å². The third-order valence-electron chi connectivity index (χ3n) is 6.76. The molecule has 0 aliphatic carbocycles. The number of amides is 1. The first-order valence-electron chi connectivity index (χ1n) is 12.0. The first-order chi connectivity index (χ1) is 15.9. The molecule has 1 aromatic heterocycles. The summed E-state index contributed by atoms with van der Waals surface area (Å²) in [6.07, 6.45) is 3.12. The predicted octanol–water partition coefficient (Wildman–Crippen LogP) is 5.24. The van der Waals surface area contributed by atoms with Crippen LogP contribution >= 0.6 is 0 Å². The van der Waals surface area contributed by atoms with Gasteiger partial charge in [0.1, 0.15) is 5.82 Å². The van der Waals surface area contributed by atoms with Crippen molar-refractivity contribution in [3.8, 4) is 11.4 Å². The summed E-state index contributed by atoms with van der Waals surface area (Å²) in [6.45, 7) is 9.84. The molecule has 170 valence electrons. The summed E-state index contributed by atoms with van der Waals surface area (Å²) in [4.78, 5) is 27.7. The first kappa shape index (κ1) is 21.6. The van der Waals surface area contributed by atoms with Crippen LogP contribution in [0.2, 0.25) is 0 Å². The van der Waals surface area contributed by atoms with Gasteiger partial charge in [-0.05, 0) is 36.0 Å². The van der Waals surface area contributed by atoms with Crippen molar-refractivity contribution in [2.45, 2.75) is 52.0 Å². The summed E-state index contributed by atoms with van der Waals surface area (Å²) in [6, 6.07) is 18.3. The highest BCUT2D eigenvalue weighted by Gasteiger charge is 2.29. The number of aromatic nitrogens is 2. The SMILES string of the molecule is CC(C)(C)c1ccc(C(=O)N2CCc3nc(-c4ccccc4)nc(N4CCCC4)c3C2)cc1. The maximum absolute atomic E-state index is 13.4. The monoisotopic (exact) mass is 440 g/mol. The molecule has 0 spiro atoms. The molecular weight excluding hydrogens is 408 g/mol. The Bertz CT molecular complexity index is 1140. The van der Waals surface area contributed by atoms with Gasteiger partial charge in [-0.15, -0.1) is 0 Å². The lowest BCUT2D eigenvalue weighted by atomic mass is 9.86. The molecule has 33 heavy (non-hydrogen) atoms. The molecule has 2 aliphatic rings. The number of benzene rings is 2. The summed E-state index contributed by atoms with van der Waals surface area (Å²) >= 11 is 0. The van der Waals surface area contributed by atoms with Crippen LogP contribution < -0.4 is 4.90 Å². The lowest BCUT2D eigenvalue weighted by Gasteiger charge is -2.32. The van der Waals surface area contributed by atoms with Gasteiger partial charge in [-0.2, -0.15) is 0 Å².